The summed E-state index contributed by atoms with van der Waals surface area (Å²) in [5.74, 6) is -3.06. The molecule has 31 heavy (non-hydrogen) atoms. The molecule has 0 bridgehead atoms. The number of hydrogen-bond donors (Lipinski definition) is 1. The zero-order valence-corrected chi connectivity index (χ0v) is 17.6. The van der Waals surface area contributed by atoms with Crippen LogP contribution in [0.3, 0.4) is 0 Å². The SMILES string of the molecule is C[C@H](c1ccccc1)N(Cc1cccc(Cl)c1)C(=O)COc1c(F)cccc1C(=O)O. The Labute approximate surface area is 184 Å². The van der Waals surface area contributed by atoms with Crippen LogP contribution in [-0.4, -0.2) is 28.5 Å². The summed E-state index contributed by atoms with van der Waals surface area (Å²) < 4.78 is 19.5. The maximum Gasteiger partial charge on any atom is 0.339 e. The lowest BCUT2D eigenvalue weighted by atomic mass is 10.1. The number of carboxylic acid groups (broad SMARTS) is 1. The average Bonchev–Trinajstić information content (AvgIpc) is 2.76. The van der Waals surface area contributed by atoms with Gasteiger partial charge in [0, 0.05) is 11.6 Å². The Morgan fingerprint density at radius 1 is 1.06 bits per heavy atom. The second kappa shape index (κ2) is 10.1. The number of amides is 1. The van der Waals surface area contributed by atoms with Crippen LogP contribution >= 0.6 is 11.6 Å². The second-order valence-electron chi connectivity index (χ2n) is 6.95. The van der Waals surface area contributed by atoms with Crippen molar-refractivity contribution in [2.45, 2.75) is 19.5 Å². The van der Waals surface area contributed by atoms with Crippen LogP contribution in [0.4, 0.5) is 4.39 Å². The highest BCUT2D eigenvalue weighted by Crippen LogP contribution is 2.26. The smallest absolute Gasteiger partial charge is 0.339 e. The largest absolute Gasteiger partial charge is 0.480 e. The first-order chi connectivity index (χ1) is 14.9. The van der Waals surface area contributed by atoms with E-state index < -0.39 is 30.1 Å². The number of carbonyl (C=O) groups is 2. The fourth-order valence-corrected chi connectivity index (χ4v) is 3.44. The highest BCUT2D eigenvalue weighted by Gasteiger charge is 2.24. The molecule has 0 radical (unpaired) electrons. The molecule has 0 saturated heterocycles. The van der Waals surface area contributed by atoms with Crippen molar-refractivity contribution >= 4 is 23.5 Å². The van der Waals surface area contributed by atoms with Gasteiger partial charge in [-0.05, 0) is 42.3 Å². The van der Waals surface area contributed by atoms with Gasteiger partial charge in [-0.3, -0.25) is 4.79 Å². The lowest BCUT2D eigenvalue weighted by molar-refractivity contribution is -0.136. The zero-order chi connectivity index (χ0) is 22.4. The number of carboxylic acids is 1. The predicted molar refractivity (Wildman–Crippen MR) is 116 cm³/mol. The molecule has 0 unspecified atom stereocenters. The first-order valence-corrected chi connectivity index (χ1v) is 9.98. The molecule has 0 aliphatic rings. The predicted octanol–water partition coefficient (Wildman–Crippen LogP) is 5.35. The van der Waals surface area contributed by atoms with Crippen LogP contribution in [0, 0.1) is 5.82 Å². The second-order valence-corrected chi connectivity index (χ2v) is 7.39. The van der Waals surface area contributed by atoms with E-state index in [-0.39, 0.29) is 18.2 Å². The molecule has 3 aromatic carbocycles. The Hall–Kier alpha value is -3.38. The number of aromatic carboxylic acids is 1. The molecule has 160 valence electrons. The number of rotatable bonds is 8. The van der Waals surface area contributed by atoms with Crippen molar-refractivity contribution in [3.63, 3.8) is 0 Å². The summed E-state index contributed by atoms with van der Waals surface area (Å²) in [7, 11) is 0. The van der Waals surface area contributed by atoms with Crippen molar-refractivity contribution in [1.82, 2.24) is 4.90 Å². The number of hydrogen-bond acceptors (Lipinski definition) is 3. The standard InChI is InChI=1S/C24H21ClFNO4/c1-16(18-8-3-2-4-9-18)27(14-17-7-5-10-19(25)13-17)22(28)15-31-23-20(24(29)30)11-6-12-21(23)26/h2-13,16H,14-15H2,1H3,(H,29,30)/t16-/m1/s1. The summed E-state index contributed by atoms with van der Waals surface area (Å²) in [5, 5.41) is 9.81. The van der Waals surface area contributed by atoms with E-state index in [0.29, 0.717) is 5.02 Å². The number of ether oxygens (including phenoxy) is 1. The van der Waals surface area contributed by atoms with Gasteiger partial charge in [-0.2, -0.15) is 0 Å². The normalized spacial score (nSPS) is 11.6. The lowest BCUT2D eigenvalue weighted by Crippen LogP contribution is -2.36. The van der Waals surface area contributed by atoms with Crippen LogP contribution in [0.15, 0.2) is 72.8 Å². The Bertz CT molecular complexity index is 1070. The number of carbonyl (C=O) groups excluding carboxylic acids is 1. The van der Waals surface area contributed by atoms with Gasteiger partial charge >= 0.3 is 5.97 Å². The third kappa shape index (κ3) is 5.61. The van der Waals surface area contributed by atoms with E-state index in [2.05, 4.69) is 0 Å². The molecule has 1 amide bonds. The van der Waals surface area contributed by atoms with Gasteiger partial charge in [-0.25, -0.2) is 9.18 Å². The average molecular weight is 442 g/mol. The molecule has 0 saturated carbocycles. The summed E-state index contributed by atoms with van der Waals surface area (Å²) in [4.78, 5) is 26.1. The Balaban J connectivity index is 1.85. The quantitative estimate of drug-likeness (QED) is 0.512. The third-order valence-electron chi connectivity index (χ3n) is 4.85. The van der Waals surface area contributed by atoms with Crippen molar-refractivity contribution in [1.29, 1.82) is 0 Å². The number of benzene rings is 3. The monoisotopic (exact) mass is 441 g/mol. The van der Waals surface area contributed by atoms with E-state index in [1.54, 1.807) is 23.1 Å². The van der Waals surface area contributed by atoms with Gasteiger partial charge in [-0.1, -0.05) is 60.1 Å². The van der Waals surface area contributed by atoms with Crippen molar-refractivity contribution in [3.8, 4) is 5.75 Å². The van der Waals surface area contributed by atoms with Crippen LogP contribution in [0.25, 0.3) is 0 Å². The van der Waals surface area contributed by atoms with Gasteiger partial charge < -0.3 is 14.7 Å². The van der Waals surface area contributed by atoms with Crippen molar-refractivity contribution in [2.24, 2.45) is 0 Å². The summed E-state index contributed by atoms with van der Waals surface area (Å²) in [5.41, 5.74) is 1.39. The van der Waals surface area contributed by atoms with Gasteiger partial charge in [0.25, 0.3) is 5.91 Å². The summed E-state index contributed by atoms with van der Waals surface area (Å²) >= 11 is 6.08. The van der Waals surface area contributed by atoms with Gasteiger partial charge in [0.15, 0.2) is 18.2 Å². The molecule has 0 fully saturated rings. The molecule has 7 heteroatoms. The zero-order valence-electron chi connectivity index (χ0n) is 16.8. The molecule has 3 aromatic rings. The Morgan fingerprint density at radius 2 is 1.77 bits per heavy atom. The van der Waals surface area contributed by atoms with Crippen LogP contribution in [0.5, 0.6) is 5.75 Å². The molecule has 0 aliphatic carbocycles. The van der Waals surface area contributed by atoms with Gasteiger partial charge in [-0.15, -0.1) is 0 Å². The minimum absolute atomic E-state index is 0.252. The number of nitrogens with zero attached hydrogens (tertiary/aromatic N) is 1. The summed E-state index contributed by atoms with van der Waals surface area (Å²) in [6.45, 7) is 1.62. The molecular formula is C24H21ClFNO4. The topological polar surface area (TPSA) is 66.8 Å². The first-order valence-electron chi connectivity index (χ1n) is 9.60. The molecule has 5 nitrogen and oxygen atoms in total. The Morgan fingerprint density at radius 3 is 2.45 bits per heavy atom. The molecule has 1 N–H and O–H groups in total. The molecule has 1 atom stereocenters. The minimum atomic E-state index is -1.34. The van der Waals surface area contributed by atoms with E-state index in [9.17, 15) is 19.1 Å². The molecule has 3 rings (SSSR count). The summed E-state index contributed by atoms with van der Waals surface area (Å²) in [6, 6.07) is 19.9. The van der Waals surface area contributed by atoms with Gasteiger partial charge in [0.2, 0.25) is 0 Å². The van der Waals surface area contributed by atoms with Crippen molar-refractivity contribution in [2.75, 3.05) is 6.61 Å². The van der Waals surface area contributed by atoms with Crippen LogP contribution in [-0.2, 0) is 11.3 Å². The van der Waals surface area contributed by atoms with E-state index >= 15 is 0 Å². The Kier molecular flexibility index (Phi) is 7.26. The fraction of sp³-hybridized carbons (Fsp3) is 0.167. The maximum atomic E-state index is 14.1. The van der Waals surface area contributed by atoms with Crippen LogP contribution in [0.2, 0.25) is 5.02 Å². The lowest BCUT2D eigenvalue weighted by Gasteiger charge is -2.30. The number of para-hydroxylation sites is 1. The van der Waals surface area contributed by atoms with E-state index in [0.717, 1.165) is 17.2 Å². The van der Waals surface area contributed by atoms with E-state index in [1.807, 2.05) is 43.3 Å². The van der Waals surface area contributed by atoms with Gasteiger partial charge in [0.1, 0.15) is 5.56 Å². The fourth-order valence-electron chi connectivity index (χ4n) is 3.23. The van der Waals surface area contributed by atoms with Crippen molar-refractivity contribution < 1.29 is 23.8 Å². The highest BCUT2D eigenvalue weighted by molar-refractivity contribution is 6.30. The third-order valence-corrected chi connectivity index (χ3v) is 5.08. The molecule has 0 heterocycles. The maximum absolute atomic E-state index is 14.1. The minimum Gasteiger partial charge on any atom is -0.480 e. The van der Waals surface area contributed by atoms with E-state index in [4.69, 9.17) is 16.3 Å². The van der Waals surface area contributed by atoms with Crippen LogP contribution in [0.1, 0.15) is 34.5 Å². The highest BCUT2D eigenvalue weighted by atomic mass is 35.5. The van der Waals surface area contributed by atoms with Crippen LogP contribution < -0.4 is 4.74 Å². The molecule has 0 aromatic heterocycles. The summed E-state index contributed by atoms with van der Waals surface area (Å²) in [6.07, 6.45) is 0. The van der Waals surface area contributed by atoms with Crippen molar-refractivity contribution in [3.05, 3.63) is 100 Å². The molecule has 0 spiro atoms. The number of halogens is 2. The van der Waals surface area contributed by atoms with E-state index in [1.165, 1.54) is 12.1 Å². The first kappa shape index (κ1) is 22.3. The van der Waals surface area contributed by atoms with Gasteiger partial charge in [0.05, 0.1) is 6.04 Å². The molecule has 0 aliphatic heterocycles. The molecular weight excluding hydrogens is 421 g/mol.